The highest BCUT2D eigenvalue weighted by Gasteiger charge is 2.33. The Morgan fingerprint density at radius 1 is 1.11 bits per heavy atom. The number of hydrogen-bond donors (Lipinski definition) is 1. The fourth-order valence-electron chi connectivity index (χ4n) is 4.53. The van der Waals surface area contributed by atoms with Gasteiger partial charge < -0.3 is 15.0 Å². The zero-order valence-corrected chi connectivity index (χ0v) is 20.9. The highest BCUT2D eigenvalue weighted by molar-refractivity contribution is 5.81. The molecule has 2 amide bonds. The summed E-state index contributed by atoms with van der Waals surface area (Å²) in [7, 11) is 0. The third kappa shape index (κ3) is 5.73. The molecule has 1 aliphatic heterocycles. The Bertz CT molecular complexity index is 1200. The second kappa shape index (κ2) is 11.3. The van der Waals surface area contributed by atoms with Gasteiger partial charge in [0.2, 0.25) is 5.91 Å². The molecular formula is C29H32FN3O3. The molecule has 0 saturated carbocycles. The van der Waals surface area contributed by atoms with Gasteiger partial charge in [0.25, 0.3) is 5.91 Å². The van der Waals surface area contributed by atoms with E-state index in [1.54, 1.807) is 24.5 Å². The molecule has 2 unspecified atom stereocenters. The minimum atomic E-state index is -0.661. The first-order valence-corrected chi connectivity index (χ1v) is 12.4. The van der Waals surface area contributed by atoms with Crippen LogP contribution in [-0.2, 0) is 22.6 Å². The van der Waals surface area contributed by atoms with E-state index in [0.717, 1.165) is 28.7 Å². The van der Waals surface area contributed by atoms with Crippen molar-refractivity contribution in [2.75, 3.05) is 6.54 Å². The molecule has 3 aromatic rings. The summed E-state index contributed by atoms with van der Waals surface area (Å²) in [6, 6.07) is 15.4. The number of fused-ring (bicyclic) bond motifs is 1. The molecule has 7 heteroatoms. The molecule has 188 valence electrons. The summed E-state index contributed by atoms with van der Waals surface area (Å²) in [5.41, 5.74) is 3.84. The zero-order chi connectivity index (χ0) is 25.7. The van der Waals surface area contributed by atoms with Gasteiger partial charge in [-0.2, -0.15) is 0 Å². The quantitative estimate of drug-likeness (QED) is 0.492. The summed E-state index contributed by atoms with van der Waals surface area (Å²) >= 11 is 0. The summed E-state index contributed by atoms with van der Waals surface area (Å²) in [6.07, 6.45) is 3.93. The van der Waals surface area contributed by atoms with Crippen molar-refractivity contribution in [2.45, 2.75) is 52.3 Å². The molecule has 1 aliphatic rings. The number of rotatable bonds is 8. The average Bonchev–Trinajstić information content (AvgIpc) is 2.90. The van der Waals surface area contributed by atoms with Crippen molar-refractivity contribution in [1.29, 1.82) is 0 Å². The molecule has 0 spiro atoms. The number of carbonyl (C=O) groups is 2. The molecule has 6 nitrogen and oxygen atoms in total. The van der Waals surface area contributed by atoms with Crippen molar-refractivity contribution in [1.82, 2.24) is 15.2 Å². The Morgan fingerprint density at radius 2 is 1.83 bits per heavy atom. The van der Waals surface area contributed by atoms with Gasteiger partial charge in [-0.25, -0.2) is 4.39 Å². The summed E-state index contributed by atoms with van der Waals surface area (Å²) in [5.74, 6) is -0.0766. The molecule has 0 aliphatic carbocycles. The van der Waals surface area contributed by atoms with Crippen molar-refractivity contribution >= 4 is 11.8 Å². The Morgan fingerprint density at radius 3 is 2.50 bits per heavy atom. The largest absolute Gasteiger partial charge is 0.481 e. The summed E-state index contributed by atoms with van der Waals surface area (Å²) in [4.78, 5) is 31.8. The van der Waals surface area contributed by atoms with E-state index in [9.17, 15) is 14.0 Å². The van der Waals surface area contributed by atoms with Crippen LogP contribution in [0, 0.1) is 11.7 Å². The first kappa shape index (κ1) is 25.4. The van der Waals surface area contributed by atoms with Crippen LogP contribution in [0.4, 0.5) is 4.39 Å². The third-order valence-electron chi connectivity index (χ3n) is 6.47. The average molecular weight is 490 g/mol. The lowest BCUT2D eigenvalue weighted by atomic mass is 9.87. The second-order valence-electron chi connectivity index (χ2n) is 9.34. The van der Waals surface area contributed by atoms with Gasteiger partial charge in [-0.1, -0.05) is 39.0 Å². The highest BCUT2D eigenvalue weighted by Crippen LogP contribution is 2.38. The first-order chi connectivity index (χ1) is 17.4. The predicted octanol–water partition coefficient (Wildman–Crippen LogP) is 4.82. The number of benzene rings is 2. The van der Waals surface area contributed by atoms with Gasteiger partial charge in [0, 0.05) is 31.4 Å². The van der Waals surface area contributed by atoms with Crippen LogP contribution in [0.1, 0.15) is 55.5 Å². The highest BCUT2D eigenvalue weighted by atomic mass is 19.1. The topological polar surface area (TPSA) is 71.5 Å². The van der Waals surface area contributed by atoms with Gasteiger partial charge in [0.15, 0.2) is 6.10 Å². The number of ether oxygens (including phenoxy) is 1. The monoisotopic (exact) mass is 489 g/mol. The van der Waals surface area contributed by atoms with E-state index in [0.29, 0.717) is 25.3 Å². The number of pyridine rings is 1. The van der Waals surface area contributed by atoms with Crippen LogP contribution in [0.15, 0.2) is 67.0 Å². The SMILES string of the molecule is CCC(Oc1ccc2c(c1)C(c1ccc(F)cc1)N(C(=O)C(C)C)CC2)C(=O)NCc1ccncc1. The fraction of sp³-hybridized carbons (Fsp3) is 0.345. The smallest absolute Gasteiger partial charge is 0.261 e. The molecule has 36 heavy (non-hydrogen) atoms. The van der Waals surface area contributed by atoms with Crippen LogP contribution < -0.4 is 10.1 Å². The molecule has 1 aromatic heterocycles. The molecule has 2 aromatic carbocycles. The normalized spacial score (nSPS) is 15.8. The van der Waals surface area contributed by atoms with Gasteiger partial charge in [0.05, 0.1) is 6.04 Å². The van der Waals surface area contributed by atoms with Gasteiger partial charge >= 0.3 is 0 Å². The lowest BCUT2D eigenvalue weighted by Crippen LogP contribution is -2.42. The molecule has 4 rings (SSSR count). The number of nitrogens with one attached hydrogen (secondary N) is 1. The Kier molecular flexibility index (Phi) is 7.98. The third-order valence-corrected chi connectivity index (χ3v) is 6.47. The minimum Gasteiger partial charge on any atom is -0.481 e. The number of aromatic nitrogens is 1. The molecule has 1 N–H and O–H groups in total. The van der Waals surface area contributed by atoms with Gasteiger partial charge in [-0.3, -0.25) is 14.6 Å². The maximum absolute atomic E-state index is 13.7. The molecule has 0 radical (unpaired) electrons. The standard InChI is InChI=1S/C29H32FN3O3/c1-4-26(28(34)32-18-20-11-14-31-15-12-20)36-24-10-7-21-13-16-33(29(35)19(2)3)27(25(21)17-24)22-5-8-23(30)9-6-22/h5-12,14-15,17,19,26-27H,4,13,16,18H2,1-3H3,(H,32,34). The Labute approximate surface area is 211 Å². The van der Waals surface area contributed by atoms with Crippen LogP contribution in [0.25, 0.3) is 0 Å². The number of halogens is 1. The Hall–Kier alpha value is -3.74. The first-order valence-electron chi connectivity index (χ1n) is 12.4. The van der Waals surface area contributed by atoms with E-state index >= 15 is 0 Å². The molecular weight excluding hydrogens is 457 g/mol. The van der Waals surface area contributed by atoms with E-state index in [1.165, 1.54) is 12.1 Å². The molecule has 2 heterocycles. The van der Waals surface area contributed by atoms with Crippen LogP contribution in [0.2, 0.25) is 0 Å². The van der Waals surface area contributed by atoms with E-state index in [-0.39, 0.29) is 29.6 Å². The zero-order valence-electron chi connectivity index (χ0n) is 20.9. The maximum Gasteiger partial charge on any atom is 0.261 e. The second-order valence-corrected chi connectivity index (χ2v) is 9.34. The number of carbonyl (C=O) groups excluding carboxylic acids is 2. The van der Waals surface area contributed by atoms with Crippen LogP contribution in [0.3, 0.4) is 0 Å². The maximum atomic E-state index is 13.7. The Balaban J connectivity index is 1.59. The molecule has 0 saturated heterocycles. The van der Waals surface area contributed by atoms with Crippen LogP contribution >= 0.6 is 0 Å². The molecule has 0 fully saturated rings. The predicted molar refractivity (Wildman–Crippen MR) is 136 cm³/mol. The lowest BCUT2D eigenvalue weighted by Gasteiger charge is -2.39. The lowest BCUT2D eigenvalue weighted by molar-refractivity contribution is -0.136. The number of nitrogens with zero attached hydrogens (tertiary/aromatic N) is 2. The fourth-order valence-corrected chi connectivity index (χ4v) is 4.53. The van der Waals surface area contributed by atoms with Crippen molar-refractivity contribution < 1.29 is 18.7 Å². The van der Waals surface area contributed by atoms with Crippen LogP contribution in [-0.4, -0.2) is 34.3 Å². The number of hydrogen-bond acceptors (Lipinski definition) is 4. The van der Waals surface area contributed by atoms with E-state index in [1.807, 2.05) is 56.0 Å². The van der Waals surface area contributed by atoms with Crippen molar-refractivity contribution in [3.63, 3.8) is 0 Å². The van der Waals surface area contributed by atoms with E-state index in [4.69, 9.17) is 4.74 Å². The van der Waals surface area contributed by atoms with Crippen molar-refractivity contribution in [3.05, 3.63) is 95.1 Å². The molecule has 2 atom stereocenters. The van der Waals surface area contributed by atoms with Gasteiger partial charge in [0.1, 0.15) is 11.6 Å². The van der Waals surface area contributed by atoms with E-state index < -0.39 is 6.10 Å². The van der Waals surface area contributed by atoms with E-state index in [2.05, 4.69) is 10.3 Å². The van der Waals surface area contributed by atoms with Crippen molar-refractivity contribution in [3.8, 4) is 5.75 Å². The summed E-state index contributed by atoms with van der Waals surface area (Å²) < 4.78 is 19.8. The van der Waals surface area contributed by atoms with Crippen LogP contribution in [0.5, 0.6) is 5.75 Å². The number of amides is 2. The van der Waals surface area contributed by atoms with Gasteiger partial charge in [-0.05, 0) is 71.5 Å². The van der Waals surface area contributed by atoms with Crippen molar-refractivity contribution in [2.24, 2.45) is 5.92 Å². The summed E-state index contributed by atoms with van der Waals surface area (Å²) in [5, 5.41) is 2.93. The molecule has 0 bridgehead atoms. The summed E-state index contributed by atoms with van der Waals surface area (Å²) in [6.45, 7) is 6.65. The van der Waals surface area contributed by atoms with Gasteiger partial charge in [-0.15, -0.1) is 0 Å². The minimum absolute atomic E-state index is 0.0446.